The molecule has 0 bridgehead atoms. The van der Waals surface area contributed by atoms with E-state index >= 15 is 0 Å². The molecule has 1 aromatic heterocycles. The SMILES string of the molecule is CCCCCNC(=NCc1ncccc1C)NCC. The fourth-order valence-electron chi connectivity index (χ4n) is 1.76. The average Bonchev–Trinajstić information content (AvgIpc) is 2.42. The lowest BCUT2D eigenvalue weighted by molar-refractivity contribution is 0.683. The molecule has 2 N–H and O–H groups in total. The maximum Gasteiger partial charge on any atom is 0.191 e. The first-order valence-electron chi connectivity index (χ1n) is 7.20. The number of nitrogens with zero attached hydrogens (tertiary/aromatic N) is 2. The van der Waals surface area contributed by atoms with Gasteiger partial charge in [0.05, 0.1) is 12.2 Å². The molecular formula is C15H26N4. The Morgan fingerprint density at radius 2 is 2.11 bits per heavy atom. The van der Waals surface area contributed by atoms with Gasteiger partial charge >= 0.3 is 0 Å². The quantitative estimate of drug-likeness (QED) is 0.451. The number of unbranched alkanes of at least 4 members (excludes halogenated alkanes) is 2. The van der Waals surface area contributed by atoms with Crippen LogP contribution in [0.5, 0.6) is 0 Å². The Bertz CT molecular complexity index is 387. The Labute approximate surface area is 116 Å². The average molecular weight is 262 g/mol. The number of nitrogens with one attached hydrogen (secondary N) is 2. The number of hydrogen-bond acceptors (Lipinski definition) is 2. The van der Waals surface area contributed by atoms with Gasteiger partial charge in [0.1, 0.15) is 0 Å². The molecule has 0 fully saturated rings. The van der Waals surface area contributed by atoms with Gasteiger partial charge in [0.15, 0.2) is 5.96 Å². The Hall–Kier alpha value is -1.58. The highest BCUT2D eigenvalue weighted by Gasteiger charge is 2.00. The molecule has 0 radical (unpaired) electrons. The van der Waals surface area contributed by atoms with Crippen LogP contribution in [0.1, 0.15) is 44.4 Å². The molecule has 0 aliphatic rings. The summed E-state index contributed by atoms with van der Waals surface area (Å²) < 4.78 is 0. The molecule has 1 aromatic rings. The van der Waals surface area contributed by atoms with E-state index in [-0.39, 0.29) is 0 Å². The van der Waals surface area contributed by atoms with Gasteiger partial charge in [-0.25, -0.2) is 4.99 Å². The second-order valence-corrected chi connectivity index (χ2v) is 4.60. The lowest BCUT2D eigenvalue weighted by Crippen LogP contribution is -2.37. The summed E-state index contributed by atoms with van der Waals surface area (Å²) in [6.07, 6.45) is 5.50. The molecule has 1 rings (SSSR count). The van der Waals surface area contributed by atoms with Crippen molar-refractivity contribution in [2.45, 2.75) is 46.6 Å². The zero-order valence-corrected chi connectivity index (χ0v) is 12.4. The number of aliphatic imine (C=N–C) groups is 1. The standard InChI is InChI=1S/C15H26N4/c1-4-6-7-10-18-15(16-5-2)19-12-14-13(3)9-8-11-17-14/h8-9,11H,4-7,10,12H2,1-3H3,(H2,16,18,19). The Morgan fingerprint density at radius 1 is 1.26 bits per heavy atom. The van der Waals surface area contributed by atoms with Crippen LogP contribution >= 0.6 is 0 Å². The third-order valence-corrected chi connectivity index (χ3v) is 2.92. The van der Waals surface area contributed by atoms with E-state index in [4.69, 9.17) is 0 Å². The first-order valence-corrected chi connectivity index (χ1v) is 7.20. The molecule has 0 amide bonds. The fraction of sp³-hybridized carbons (Fsp3) is 0.600. The minimum atomic E-state index is 0.621. The van der Waals surface area contributed by atoms with Crippen molar-refractivity contribution in [3.05, 3.63) is 29.6 Å². The topological polar surface area (TPSA) is 49.3 Å². The van der Waals surface area contributed by atoms with Crippen molar-refractivity contribution in [2.75, 3.05) is 13.1 Å². The van der Waals surface area contributed by atoms with Gasteiger partial charge in [-0.05, 0) is 31.9 Å². The monoisotopic (exact) mass is 262 g/mol. The lowest BCUT2D eigenvalue weighted by atomic mass is 10.2. The van der Waals surface area contributed by atoms with Gasteiger partial charge in [0.2, 0.25) is 0 Å². The van der Waals surface area contributed by atoms with Gasteiger partial charge in [-0.3, -0.25) is 4.98 Å². The minimum Gasteiger partial charge on any atom is -0.357 e. The Morgan fingerprint density at radius 3 is 2.79 bits per heavy atom. The minimum absolute atomic E-state index is 0.621. The van der Waals surface area contributed by atoms with Crippen molar-refractivity contribution >= 4 is 5.96 Å². The fourth-order valence-corrected chi connectivity index (χ4v) is 1.76. The van der Waals surface area contributed by atoms with E-state index < -0.39 is 0 Å². The maximum atomic E-state index is 4.57. The summed E-state index contributed by atoms with van der Waals surface area (Å²) in [4.78, 5) is 8.93. The molecule has 0 atom stereocenters. The second kappa shape index (κ2) is 9.36. The molecule has 4 nitrogen and oxygen atoms in total. The second-order valence-electron chi connectivity index (χ2n) is 4.60. The first kappa shape index (κ1) is 15.5. The van der Waals surface area contributed by atoms with Crippen molar-refractivity contribution in [3.63, 3.8) is 0 Å². The van der Waals surface area contributed by atoms with Crippen LogP contribution in [-0.2, 0) is 6.54 Å². The highest BCUT2D eigenvalue weighted by molar-refractivity contribution is 5.79. The molecule has 0 saturated carbocycles. The number of aromatic nitrogens is 1. The van der Waals surface area contributed by atoms with Crippen molar-refractivity contribution < 1.29 is 0 Å². The predicted molar refractivity (Wildman–Crippen MR) is 81.3 cm³/mol. The zero-order valence-electron chi connectivity index (χ0n) is 12.4. The highest BCUT2D eigenvalue weighted by atomic mass is 15.2. The zero-order chi connectivity index (χ0) is 13.9. The summed E-state index contributed by atoms with van der Waals surface area (Å²) in [7, 11) is 0. The van der Waals surface area contributed by atoms with Gasteiger partial charge < -0.3 is 10.6 Å². The van der Waals surface area contributed by atoms with Crippen LogP contribution in [0.3, 0.4) is 0 Å². The van der Waals surface area contributed by atoms with Crippen LogP contribution in [0.4, 0.5) is 0 Å². The van der Waals surface area contributed by atoms with Crippen LogP contribution < -0.4 is 10.6 Å². The van der Waals surface area contributed by atoms with Gasteiger partial charge in [0.25, 0.3) is 0 Å². The summed E-state index contributed by atoms with van der Waals surface area (Å²) in [6, 6.07) is 4.02. The van der Waals surface area contributed by atoms with E-state index in [1.807, 2.05) is 12.3 Å². The van der Waals surface area contributed by atoms with Crippen LogP contribution in [0.25, 0.3) is 0 Å². The van der Waals surface area contributed by atoms with E-state index in [1.165, 1.54) is 24.8 Å². The van der Waals surface area contributed by atoms with Gasteiger partial charge in [0, 0.05) is 19.3 Å². The van der Waals surface area contributed by atoms with Gasteiger partial charge in [-0.15, -0.1) is 0 Å². The number of aryl methyl sites for hydroxylation is 1. The van der Waals surface area contributed by atoms with Crippen LogP contribution in [0.15, 0.2) is 23.3 Å². The smallest absolute Gasteiger partial charge is 0.191 e. The predicted octanol–water partition coefficient (Wildman–Crippen LogP) is 2.64. The van der Waals surface area contributed by atoms with Crippen molar-refractivity contribution in [1.82, 2.24) is 15.6 Å². The summed E-state index contributed by atoms with van der Waals surface area (Å²) in [5.41, 5.74) is 2.22. The summed E-state index contributed by atoms with van der Waals surface area (Å²) in [5.74, 6) is 0.878. The normalized spacial score (nSPS) is 11.4. The molecule has 19 heavy (non-hydrogen) atoms. The third kappa shape index (κ3) is 6.22. The van der Waals surface area contributed by atoms with Crippen LogP contribution in [0.2, 0.25) is 0 Å². The van der Waals surface area contributed by atoms with E-state index in [0.717, 1.165) is 24.7 Å². The molecule has 0 aromatic carbocycles. The molecule has 0 aliphatic carbocycles. The lowest BCUT2D eigenvalue weighted by Gasteiger charge is -2.11. The van der Waals surface area contributed by atoms with E-state index in [2.05, 4.69) is 47.4 Å². The number of rotatable bonds is 7. The summed E-state index contributed by atoms with van der Waals surface area (Å²) >= 11 is 0. The molecule has 1 heterocycles. The Kier molecular flexibility index (Phi) is 7.63. The number of hydrogen-bond donors (Lipinski definition) is 2. The van der Waals surface area contributed by atoms with E-state index in [1.54, 1.807) is 0 Å². The third-order valence-electron chi connectivity index (χ3n) is 2.92. The molecule has 4 heteroatoms. The summed E-state index contributed by atoms with van der Waals surface area (Å²) in [5, 5.41) is 6.62. The van der Waals surface area contributed by atoms with Crippen molar-refractivity contribution in [2.24, 2.45) is 4.99 Å². The van der Waals surface area contributed by atoms with Gasteiger partial charge in [-0.1, -0.05) is 25.8 Å². The van der Waals surface area contributed by atoms with Crippen LogP contribution in [-0.4, -0.2) is 24.0 Å². The number of guanidine groups is 1. The Balaban J connectivity index is 2.50. The van der Waals surface area contributed by atoms with E-state index in [9.17, 15) is 0 Å². The molecule has 0 unspecified atom stereocenters. The molecule has 0 spiro atoms. The first-order chi connectivity index (χ1) is 9.27. The largest absolute Gasteiger partial charge is 0.357 e. The maximum absolute atomic E-state index is 4.57. The van der Waals surface area contributed by atoms with Crippen LogP contribution in [0, 0.1) is 6.92 Å². The molecule has 0 saturated heterocycles. The molecule has 106 valence electrons. The highest BCUT2D eigenvalue weighted by Crippen LogP contribution is 2.04. The van der Waals surface area contributed by atoms with E-state index in [0.29, 0.717) is 6.54 Å². The molecular weight excluding hydrogens is 236 g/mol. The van der Waals surface area contributed by atoms with Gasteiger partial charge in [-0.2, -0.15) is 0 Å². The summed E-state index contributed by atoms with van der Waals surface area (Å²) in [6.45, 7) is 8.83. The number of pyridine rings is 1. The van der Waals surface area contributed by atoms with Crippen molar-refractivity contribution in [3.8, 4) is 0 Å². The van der Waals surface area contributed by atoms with Crippen molar-refractivity contribution in [1.29, 1.82) is 0 Å². The molecule has 0 aliphatic heterocycles.